The fourth-order valence-electron chi connectivity index (χ4n) is 2.07. The summed E-state index contributed by atoms with van der Waals surface area (Å²) in [7, 11) is 0. The van der Waals surface area contributed by atoms with Gasteiger partial charge in [-0.15, -0.1) is 0 Å². The van der Waals surface area contributed by atoms with Crippen LogP contribution in [0.25, 0.3) is 11.1 Å². The van der Waals surface area contributed by atoms with Gasteiger partial charge < -0.3 is 9.84 Å². The number of aliphatic hydroxyl groups is 1. The van der Waals surface area contributed by atoms with E-state index < -0.39 is 12.1 Å². The van der Waals surface area contributed by atoms with Crippen LogP contribution in [0.2, 0.25) is 0 Å². The highest BCUT2D eigenvalue weighted by molar-refractivity contribution is 5.85. The topological polar surface area (TPSA) is 46.5 Å². The molecule has 1 unspecified atom stereocenters. The maximum atomic E-state index is 11.3. The summed E-state index contributed by atoms with van der Waals surface area (Å²) >= 11 is 0. The van der Waals surface area contributed by atoms with Gasteiger partial charge in [-0.1, -0.05) is 35.9 Å². The molecule has 0 saturated carbocycles. The summed E-state index contributed by atoms with van der Waals surface area (Å²) in [6.45, 7) is 2.03. The van der Waals surface area contributed by atoms with Crippen molar-refractivity contribution in [3.8, 4) is 16.9 Å². The minimum absolute atomic E-state index is 0.448. The summed E-state index contributed by atoms with van der Waals surface area (Å²) in [5.74, 6) is -0.158. The van der Waals surface area contributed by atoms with E-state index in [9.17, 15) is 9.90 Å². The average molecular weight is 240 g/mol. The predicted octanol–water partition coefficient (Wildman–Crippen LogP) is 2.61. The second-order valence-electron chi connectivity index (χ2n) is 4.44. The zero-order valence-electron chi connectivity index (χ0n) is 9.88. The standard InChI is InChI=1S/C15H12O3/c1-9-2-4-10(5-3-9)11-6-7-13-12(8-11)14(16)15(17)18-13/h2-8,14,16H,1H3. The Hall–Kier alpha value is -2.13. The van der Waals surface area contributed by atoms with Crippen molar-refractivity contribution >= 4 is 5.97 Å². The third-order valence-corrected chi connectivity index (χ3v) is 3.12. The molecule has 18 heavy (non-hydrogen) atoms. The Morgan fingerprint density at radius 2 is 1.72 bits per heavy atom. The van der Waals surface area contributed by atoms with Gasteiger partial charge in [-0.05, 0) is 30.2 Å². The normalized spacial score (nSPS) is 17.4. The molecule has 1 aliphatic rings. The van der Waals surface area contributed by atoms with Crippen molar-refractivity contribution < 1.29 is 14.6 Å². The number of fused-ring (bicyclic) bond motifs is 1. The van der Waals surface area contributed by atoms with Crippen LogP contribution in [0.4, 0.5) is 0 Å². The fraction of sp³-hybridized carbons (Fsp3) is 0.133. The van der Waals surface area contributed by atoms with Crippen molar-refractivity contribution in [3.63, 3.8) is 0 Å². The first-order chi connectivity index (χ1) is 8.65. The van der Waals surface area contributed by atoms with Gasteiger partial charge in [-0.25, -0.2) is 4.79 Å². The van der Waals surface area contributed by atoms with Crippen LogP contribution < -0.4 is 4.74 Å². The molecule has 1 heterocycles. The number of aliphatic hydroxyl groups excluding tert-OH is 1. The smallest absolute Gasteiger partial charge is 0.345 e. The molecule has 90 valence electrons. The number of hydrogen-bond acceptors (Lipinski definition) is 3. The van der Waals surface area contributed by atoms with Crippen molar-refractivity contribution in [3.05, 3.63) is 53.6 Å². The highest BCUT2D eigenvalue weighted by Gasteiger charge is 2.31. The van der Waals surface area contributed by atoms with E-state index in [1.807, 2.05) is 37.3 Å². The zero-order valence-corrected chi connectivity index (χ0v) is 9.88. The molecule has 3 rings (SSSR count). The first-order valence-corrected chi connectivity index (χ1v) is 5.76. The fourth-order valence-corrected chi connectivity index (χ4v) is 2.07. The van der Waals surface area contributed by atoms with Crippen molar-refractivity contribution in [2.24, 2.45) is 0 Å². The van der Waals surface area contributed by atoms with Gasteiger partial charge in [0, 0.05) is 5.56 Å². The molecule has 1 N–H and O–H groups in total. The molecule has 2 aromatic carbocycles. The third-order valence-electron chi connectivity index (χ3n) is 3.12. The van der Waals surface area contributed by atoms with Crippen molar-refractivity contribution in [2.75, 3.05) is 0 Å². The van der Waals surface area contributed by atoms with E-state index in [1.54, 1.807) is 12.1 Å². The van der Waals surface area contributed by atoms with Gasteiger partial charge in [0.1, 0.15) is 5.75 Å². The number of benzene rings is 2. The van der Waals surface area contributed by atoms with Crippen LogP contribution in [0.3, 0.4) is 0 Å². The third kappa shape index (κ3) is 1.69. The van der Waals surface area contributed by atoms with E-state index in [-0.39, 0.29) is 0 Å². The molecular formula is C15H12O3. The highest BCUT2D eigenvalue weighted by atomic mass is 16.6. The lowest BCUT2D eigenvalue weighted by Crippen LogP contribution is -2.08. The van der Waals surface area contributed by atoms with E-state index in [2.05, 4.69) is 0 Å². The number of ether oxygens (including phenoxy) is 1. The van der Waals surface area contributed by atoms with E-state index in [4.69, 9.17) is 4.74 Å². The molecular weight excluding hydrogens is 228 g/mol. The van der Waals surface area contributed by atoms with Gasteiger partial charge >= 0.3 is 5.97 Å². The first-order valence-electron chi connectivity index (χ1n) is 5.76. The molecule has 0 spiro atoms. The number of hydrogen-bond donors (Lipinski definition) is 1. The number of rotatable bonds is 1. The van der Waals surface area contributed by atoms with E-state index in [0.29, 0.717) is 11.3 Å². The summed E-state index contributed by atoms with van der Waals surface area (Å²) in [4.78, 5) is 11.3. The molecule has 2 aromatic rings. The Morgan fingerprint density at radius 1 is 1.06 bits per heavy atom. The van der Waals surface area contributed by atoms with E-state index in [1.165, 1.54) is 5.56 Å². The molecule has 0 aliphatic carbocycles. The molecule has 1 aliphatic heterocycles. The Labute approximate surface area is 105 Å². The molecule has 1 atom stereocenters. The largest absolute Gasteiger partial charge is 0.424 e. The molecule has 0 amide bonds. The summed E-state index contributed by atoms with van der Waals surface area (Å²) in [5.41, 5.74) is 3.75. The zero-order chi connectivity index (χ0) is 12.7. The van der Waals surface area contributed by atoms with Gasteiger partial charge in [0.2, 0.25) is 0 Å². The lowest BCUT2D eigenvalue weighted by Gasteiger charge is -2.05. The maximum Gasteiger partial charge on any atom is 0.345 e. The monoisotopic (exact) mass is 240 g/mol. The number of aryl methyl sites for hydroxylation is 1. The summed E-state index contributed by atoms with van der Waals surface area (Å²) in [6.07, 6.45) is -1.16. The lowest BCUT2D eigenvalue weighted by atomic mass is 10.0. The van der Waals surface area contributed by atoms with Crippen LogP contribution in [0.15, 0.2) is 42.5 Å². The molecule has 3 nitrogen and oxygen atoms in total. The summed E-state index contributed by atoms with van der Waals surface area (Å²) in [6, 6.07) is 13.5. The minimum Gasteiger partial charge on any atom is -0.424 e. The average Bonchev–Trinajstić information content (AvgIpc) is 2.66. The quantitative estimate of drug-likeness (QED) is 0.615. The Bertz CT molecular complexity index is 614. The van der Waals surface area contributed by atoms with Crippen molar-refractivity contribution in [1.82, 2.24) is 0 Å². The predicted molar refractivity (Wildman–Crippen MR) is 67.2 cm³/mol. The molecule has 0 radical (unpaired) electrons. The Balaban J connectivity index is 2.06. The molecule has 0 aromatic heterocycles. The van der Waals surface area contributed by atoms with Gasteiger partial charge in [-0.3, -0.25) is 0 Å². The Kier molecular flexibility index (Phi) is 2.42. The highest BCUT2D eigenvalue weighted by Crippen LogP contribution is 2.36. The number of carbonyl (C=O) groups excluding carboxylic acids is 1. The van der Waals surface area contributed by atoms with Gasteiger partial charge in [0.05, 0.1) is 0 Å². The van der Waals surface area contributed by atoms with Crippen LogP contribution in [0, 0.1) is 6.92 Å². The van der Waals surface area contributed by atoms with Crippen LogP contribution in [-0.4, -0.2) is 11.1 Å². The second kappa shape index (κ2) is 3.96. The van der Waals surface area contributed by atoms with Gasteiger partial charge in [0.25, 0.3) is 0 Å². The SMILES string of the molecule is Cc1ccc(-c2ccc3c(c2)C(O)C(=O)O3)cc1. The summed E-state index contributed by atoms with van der Waals surface area (Å²) in [5, 5.41) is 9.69. The van der Waals surface area contributed by atoms with Crippen LogP contribution in [0.5, 0.6) is 5.75 Å². The second-order valence-corrected chi connectivity index (χ2v) is 4.44. The van der Waals surface area contributed by atoms with E-state index >= 15 is 0 Å². The lowest BCUT2D eigenvalue weighted by molar-refractivity contribution is -0.140. The summed E-state index contributed by atoms with van der Waals surface area (Å²) < 4.78 is 4.94. The van der Waals surface area contributed by atoms with Gasteiger partial charge in [0.15, 0.2) is 6.10 Å². The Morgan fingerprint density at radius 3 is 2.44 bits per heavy atom. The number of esters is 1. The van der Waals surface area contributed by atoms with Crippen LogP contribution in [0.1, 0.15) is 17.2 Å². The van der Waals surface area contributed by atoms with Gasteiger partial charge in [-0.2, -0.15) is 0 Å². The molecule has 0 fully saturated rings. The van der Waals surface area contributed by atoms with E-state index in [0.717, 1.165) is 11.1 Å². The van der Waals surface area contributed by atoms with Crippen molar-refractivity contribution in [2.45, 2.75) is 13.0 Å². The number of carbonyl (C=O) groups is 1. The molecule has 3 heteroatoms. The molecule has 0 saturated heterocycles. The minimum atomic E-state index is -1.16. The van der Waals surface area contributed by atoms with Crippen LogP contribution in [-0.2, 0) is 4.79 Å². The molecule has 0 bridgehead atoms. The first kappa shape index (κ1) is 11.0. The van der Waals surface area contributed by atoms with Crippen molar-refractivity contribution in [1.29, 1.82) is 0 Å². The van der Waals surface area contributed by atoms with Crippen LogP contribution >= 0.6 is 0 Å². The maximum absolute atomic E-state index is 11.3.